The van der Waals surface area contributed by atoms with Crippen molar-refractivity contribution in [1.29, 1.82) is 0 Å². The average molecular weight is 376 g/mol. The van der Waals surface area contributed by atoms with Gasteiger partial charge in [-0.2, -0.15) is 0 Å². The van der Waals surface area contributed by atoms with Crippen LogP contribution < -0.4 is 19.5 Å². The van der Waals surface area contributed by atoms with Gasteiger partial charge in [0.15, 0.2) is 18.1 Å². The molecule has 1 amide bonds. The van der Waals surface area contributed by atoms with Crippen LogP contribution in [0.25, 0.3) is 0 Å². The molecule has 144 valence electrons. The van der Waals surface area contributed by atoms with Crippen LogP contribution in [0.2, 0.25) is 0 Å². The highest BCUT2D eigenvalue weighted by molar-refractivity contribution is 5.92. The minimum atomic E-state index is -0.532. The van der Waals surface area contributed by atoms with E-state index in [0.717, 1.165) is 0 Å². The molecule has 2 aromatic rings. The van der Waals surface area contributed by atoms with Crippen molar-refractivity contribution in [3.05, 3.63) is 52.6 Å². The Balaban J connectivity index is 1.95. The molecule has 1 N–H and O–H groups in total. The number of rotatable bonds is 10. The van der Waals surface area contributed by atoms with Crippen LogP contribution >= 0.6 is 0 Å². The van der Waals surface area contributed by atoms with Crippen molar-refractivity contribution >= 4 is 17.3 Å². The zero-order valence-corrected chi connectivity index (χ0v) is 15.0. The Morgan fingerprint density at radius 2 is 1.89 bits per heavy atom. The molecule has 2 aromatic carbocycles. The Morgan fingerprint density at radius 3 is 2.59 bits per heavy atom. The quantitative estimate of drug-likeness (QED) is 0.386. The van der Waals surface area contributed by atoms with Gasteiger partial charge in [-0.15, -0.1) is 0 Å². The van der Waals surface area contributed by atoms with Crippen LogP contribution in [0.15, 0.2) is 42.5 Å². The maximum atomic E-state index is 12.1. The summed E-state index contributed by atoms with van der Waals surface area (Å²) in [6.07, 6.45) is 0. The highest BCUT2D eigenvalue weighted by atomic mass is 16.6. The molecule has 0 aliphatic heterocycles. The van der Waals surface area contributed by atoms with Crippen LogP contribution in [0, 0.1) is 10.1 Å². The molecule has 0 spiro atoms. The standard InChI is InChI=1S/C18H20N2O7/c1-24-8-9-26-17-10-13(6-7-16(17)25-2)19-18(21)12-27-15-5-3-4-14(11-15)20(22)23/h3-7,10-11H,8-9,12H2,1-2H3,(H,19,21). The number of nitrogens with zero attached hydrogens (tertiary/aromatic N) is 1. The Labute approximate surface area is 155 Å². The maximum absolute atomic E-state index is 12.1. The number of nitro groups is 1. The van der Waals surface area contributed by atoms with E-state index in [1.165, 1.54) is 31.4 Å². The SMILES string of the molecule is COCCOc1cc(NC(=O)COc2cccc([N+](=O)[O-])c2)ccc1OC. The van der Waals surface area contributed by atoms with E-state index in [2.05, 4.69) is 5.32 Å². The van der Waals surface area contributed by atoms with Gasteiger partial charge in [-0.25, -0.2) is 0 Å². The van der Waals surface area contributed by atoms with Gasteiger partial charge in [-0.1, -0.05) is 6.07 Å². The number of carbonyl (C=O) groups is 1. The lowest BCUT2D eigenvalue weighted by Gasteiger charge is -2.13. The molecule has 0 saturated carbocycles. The summed E-state index contributed by atoms with van der Waals surface area (Å²) >= 11 is 0. The van der Waals surface area contributed by atoms with Gasteiger partial charge in [-0.05, 0) is 18.2 Å². The summed E-state index contributed by atoms with van der Waals surface area (Å²) in [6, 6.07) is 10.6. The number of ether oxygens (including phenoxy) is 4. The lowest BCUT2D eigenvalue weighted by Crippen LogP contribution is -2.20. The Bertz CT molecular complexity index is 795. The second-order valence-electron chi connectivity index (χ2n) is 5.30. The number of hydrogen-bond donors (Lipinski definition) is 1. The summed E-state index contributed by atoms with van der Waals surface area (Å²) in [6.45, 7) is 0.448. The van der Waals surface area contributed by atoms with E-state index in [9.17, 15) is 14.9 Å². The monoisotopic (exact) mass is 376 g/mol. The van der Waals surface area contributed by atoms with E-state index >= 15 is 0 Å². The number of amides is 1. The molecule has 0 heterocycles. The van der Waals surface area contributed by atoms with E-state index in [4.69, 9.17) is 18.9 Å². The van der Waals surface area contributed by atoms with Crippen molar-refractivity contribution in [3.8, 4) is 17.2 Å². The number of benzene rings is 2. The highest BCUT2D eigenvalue weighted by Crippen LogP contribution is 2.30. The number of carbonyl (C=O) groups excluding carboxylic acids is 1. The molecule has 0 aliphatic carbocycles. The second kappa shape index (κ2) is 9.97. The minimum absolute atomic E-state index is 0.110. The molecular formula is C18H20N2O7. The molecule has 27 heavy (non-hydrogen) atoms. The van der Waals surface area contributed by atoms with Crippen molar-refractivity contribution in [3.63, 3.8) is 0 Å². The fourth-order valence-corrected chi connectivity index (χ4v) is 2.14. The summed E-state index contributed by atoms with van der Waals surface area (Å²) < 4.78 is 21.0. The first-order valence-corrected chi connectivity index (χ1v) is 8.00. The number of hydrogen-bond acceptors (Lipinski definition) is 7. The molecule has 9 heteroatoms. The smallest absolute Gasteiger partial charge is 0.273 e. The second-order valence-corrected chi connectivity index (χ2v) is 5.30. The molecule has 0 fully saturated rings. The molecule has 0 bridgehead atoms. The largest absolute Gasteiger partial charge is 0.493 e. The summed E-state index contributed by atoms with van der Waals surface area (Å²) in [5, 5.41) is 13.4. The number of non-ortho nitro benzene ring substituents is 1. The lowest BCUT2D eigenvalue weighted by molar-refractivity contribution is -0.384. The van der Waals surface area contributed by atoms with Crippen molar-refractivity contribution in [2.45, 2.75) is 0 Å². The fourth-order valence-electron chi connectivity index (χ4n) is 2.14. The lowest BCUT2D eigenvalue weighted by atomic mass is 10.2. The predicted octanol–water partition coefficient (Wildman–Crippen LogP) is 2.65. The molecule has 0 unspecified atom stereocenters. The van der Waals surface area contributed by atoms with E-state index in [1.54, 1.807) is 25.3 Å². The normalized spacial score (nSPS) is 10.1. The van der Waals surface area contributed by atoms with Crippen molar-refractivity contribution < 1.29 is 28.7 Å². The summed E-state index contributed by atoms with van der Waals surface area (Å²) in [5.74, 6) is 0.802. The molecule has 0 aromatic heterocycles. The Kier molecular flexibility index (Phi) is 7.38. The van der Waals surface area contributed by atoms with E-state index in [-0.39, 0.29) is 18.0 Å². The predicted molar refractivity (Wildman–Crippen MR) is 97.6 cm³/mol. The van der Waals surface area contributed by atoms with E-state index in [1.807, 2.05) is 0 Å². The molecule has 0 atom stereocenters. The first-order valence-electron chi connectivity index (χ1n) is 8.00. The summed E-state index contributed by atoms with van der Waals surface area (Å²) in [5.41, 5.74) is 0.386. The van der Waals surface area contributed by atoms with Gasteiger partial charge < -0.3 is 24.3 Å². The van der Waals surface area contributed by atoms with Gasteiger partial charge in [0.2, 0.25) is 0 Å². The zero-order chi connectivity index (χ0) is 19.6. The number of nitrogens with one attached hydrogen (secondary N) is 1. The summed E-state index contributed by atoms with van der Waals surface area (Å²) in [4.78, 5) is 22.3. The molecule has 0 radical (unpaired) electrons. The average Bonchev–Trinajstić information content (AvgIpc) is 2.67. The fraction of sp³-hybridized carbons (Fsp3) is 0.278. The van der Waals surface area contributed by atoms with Gasteiger partial charge in [0.25, 0.3) is 11.6 Å². The molecule has 0 aliphatic rings. The number of nitro benzene ring substituents is 1. The van der Waals surface area contributed by atoms with Crippen LogP contribution in [-0.4, -0.2) is 44.9 Å². The molecular weight excluding hydrogens is 356 g/mol. The van der Waals surface area contributed by atoms with Crippen LogP contribution in [0.5, 0.6) is 17.2 Å². The van der Waals surface area contributed by atoms with Gasteiger partial charge in [0.05, 0.1) is 24.7 Å². The first-order chi connectivity index (χ1) is 13.0. The third-order valence-electron chi connectivity index (χ3n) is 3.39. The third-order valence-corrected chi connectivity index (χ3v) is 3.39. The van der Waals surface area contributed by atoms with Gasteiger partial charge >= 0.3 is 0 Å². The van der Waals surface area contributed by atoms with E-state index < -0.39 is 10.8 Å². The number of anilines is 1. The molecule has 9 nitrogen and oxygen atoms in total. The number of methoxy groups -OCH3 is 2. The highest BCUT2D eigenvalue weighted by Gasteiger charge is 2.11. The zero-order valence-electron chi connectivity index (χ0n) is 15.0. The molecule has 2 rings (SSSR count). The van der Waals surface area contributed by atoms with Crippen molar-refractivity contribution in [1.82, 2.24) is 0 Å². The van der Waals surface area contributed by atoms with Crippen LogP contribution in [0.3, 0.4) is 0 Å². The van der Waals surface area contributed by atoms with Gasteiger partial charge in [0, 0.05) is 24.9 Å². The summed E-state index contributed by atoms with van der Waals surface area (Å²) in [7, 11) is 3.09. The maximum Gasteiger partial charge on any atom is 0.273 e. The Morgan fingerprint density at radius 1 is 1.07 bits per heavy atom. The van der Waals surface area contributed by atoms with Gasteiger partial charge in [-0.3, -0.25) is 14.9 Å². The third kappa shape index (κ3) is 6.15. The Hall–Kier alpha value is -3.33. The van der Waals surface area contributed by atoms with E-state index in [0.29, 0.717) is 30.4 Å². The topological polar surface area (TPSA) is 109 Å². The van der Waals surface area contributed by atoms with Crippen molar-refractivity contribution in [2.75, 3.05) is 39.4 Å². The van der Waals surface area contributed by atoms with Crippen molar-refractivity contribution in [2.24, 2.45) is 0 Å². The van der Waals surface area contributed by atoms with Crippen LogP contribution in [-0.2, 0) is 9.53 Å². The van der Waals surface area contributed by atoms with Crippen LogP contribution in [0.1, 0.15) is 0 Å². The minimum Gasteiger partial charge on any atom is -0.493 e. The first kappa shape index (κ1) is 20.0. The van der Waals surface area contributed by atoms with Gasteiger partial charge in [0.1, 0.15) is 12.4 Å². The van der Waals surface area contributed by atoms with Crippen LogP contribution in [0.4, 0.5) is 11.4 Å². The molecule has 0 saturated heterocycles.